The molecule has 1 aliphatic carbocycles. The second-order valence-electron chi connectivity index (χ2n) is 5.14. The monoisotopic (exact) mass is 248 g/mol. The smallest absolute Gasteiger partial charge is 0.253 e. The van der Waals surface area contributed by atoms with Gasteiger partial charge in [0.2, 0.25) is 0 Å². The lowest BCUT2D eigenvalue weighted by Gasteiger charge is -2.36. The Morgan fingerprint density at radius 2 is 2.11 bits per heavy atom. The lowest BCUT2D eigenvalue weighted by molar-refractivity contribution is 0.0758. The van der Waals surface area contributed by atoms with Crippen LogP contribution < -0.4 is 5.32 Å². The van der Waals surface area contributed by atoms with Crippen molar-refractivity contribution in [1.82, 2.24) is 10.3 Å². The highest BCUT2D eigenvalue weighted by Gasteiger charge is 2.33. The van der Waals surface area contributed by atoms with Gasteiger partial charge in [0.05, 0.1) is 17.7 Å². The van der Waals surface area contributed by atoms with Crippen LogP contribution in [0.4, 0.5) is 0 Å². The number of aryl methyl sites for hydroxylation is 1. The van der Waals surface area contributed by atoms with E-state index in [4.69, 9.17) is 0 Å². The van der Waals surface area contributed by atoms with Crippen LogP contribution in [0, 0.1) is 6.92 Å². The van der Waals surface area contributed by atoms with Crippen molar-refractivity contribution in [3.63, 3.8) is 0 Å². The molecule has 0 atom stereocenters. The average Bonchev–Trinajstić information content (AvgIpc) is 2.40. The molecule has 98 valence electrons. The number of rotatable bonds is 3. The molecule has 1 aromatic rings. The van der Waals surface area contributed by atoms with Crippen LogP contribution in [0.1, 0.15) is 48.2 Å². The van der Waals surface area contributed by atoms with Gasteiger partial charge in [-0.25, -0.2) is 0 Å². The molecular weight excluding hydrogens is 228 g/mol. The van der Waals surface area contributed by atoms with E-state index in [1.807, 2.05) is 13.0 Å². The second-order valence-corrected chi connectivity index (χ2v) is 5.14. The summed E-state index contributed by atoms with van der Waals surface area (Å²) in [5.74, 6) is -0.140. The molecule has 1 saturated carbocycles. The number of aliphatic hydroxyl groups excluding tert-OH is 1. The summed E-state index contributed by atoms with van der Waals surface area (Å²) >= 11 is 0. The first-order chi connectivity index (χ1) is 8.65. The Hall–Kier alpha value is -1.42. The van der Waals surface area contributed by atoms with Crippen molar-refractivity contribution in [3.05, 3.63) is 29.6 Å². The maximum absolute atomic E-state index is 12.1. The molecule has 1 fully saturated rings. The Bertz CT molecular complexity index is 408. The number of pyridine rings is 1. The van der Waals surface area contributed by atoms with Crippen molar-refractivity contribution in [2.75, 3.05) is 6.61 Å². The maximum Gasteiger partial charge on any atom is 0.253 e. The van der Waals surface area contributed by atoms with Crippen molar-refractivity contribution in [2.24, 2.45) is 0 Å². The third-order valence-corrected chi connectivity index (χ3v) is 3.67. The number of hydrogen-bond acceptors (Lipinski definition) is 3. The number of aromatic nitrogens is 1. The highest BCUT2D eigenvalue weighted by Crippen LogP contribution is 2.28. The number of carbonyl (C=O) groups is 1. The molecule has 2 rings (SSSR count). The molecule has 0 aromatic carbocycles. The minimum absolute atomic E-state index is 0.0119. The van der Waals surface area contributed by atoms with E-state index in [1.165, 1.54) is 6.42 Å². The van der Waals surface area contributed by atoms with Gasteiger partial charge in [0.25, 0.3) is 5.91 Å². The normalized spacial score (nSPS) is 18.3. The summed E-state index contributed by atoms with van der Waals surface area (Å²) in [6, 6.07) is 3.59. The first-order valence-electron chi connectivity index (χ1n) is 6.51. The summed E-state index contributed by atoms with van der Waals surface area (Å²) in [5.41, 5.74) is 1.01. The van der Waals surface area contributed by atoms with E-state index in [0.717, 1.165) is 31.4 Å². The van der Waals surface area contributed by atoms with E-state index in [9.17, 15) is 9.90 Å². The predicted octanol–water partition coefficient (Wildman–Crippen LogP) is 1.82. The highest BCUT2D eigenvalue weighted by molar-refractivity contribution is 5.94. The van der Waals surface area contributed by atoms with Crippen LogP contribution in [0.15, 0.2) is 18.3 Å². The Labute approximate surface area is 107 Å². The molecule has 2 N–H and O–H groups in total. The Morgan fingerprint density at radius 1 is 1.39 bits per heavy atom. The highest BCUT2D eigenvalue weighted by atomic mass is 16.3. The fraction of sp³-hybridized carbons (Fsp3) is 0.571. The summed E-state index contributed by atoms with van der Waals surface area (Å²) in [5, 5.41) is 12.5. The summed E-state index contributed by atoms with van der Waals surface area (Å²) in [4.78, 5) is 16.2. The van der Waals surface area contributed by atoms with E-state index in [1.54, 1.807) is 12.3 Å². The molecule has 0 aliphatic heterocycles. The van der Waals surface area contributed by atoms with Crippen LogP contribution in [0.3, 0.4) is 0 Å². The van der Waals surface area contributed by atoms with Crippen molar-refractivity contribution in [1.29, 1.82) is 0 Å². The van der Waals surface area contributed by atoms with E-state index < -0.39 is 5.54 Å². The number of carbonyl (C=O) groups excluding carboxylic acids is 1. The zero-order chi connectivity index (χ0) is 13.0. The van der Waals surface area contributed by atoms with Crippen molar-refractivity contribution in [2.45, 2.75) is 44.6 Å². The third kappa shape index (κ3) is 2.88. The van der Waals surface area contributed by atoms with E-state index in [-0.39, 0.29) is 12.5 Å². The van der Waals surface area contributed by atoms with E-state index in [2.05, 4.69) is 10.3 Å². The SMILES string of the molecule is Cc1ccc(C(=O)NC2(CO)CCCCC2)cn1. The van der Waals surface area contributed by atoms with Gasteiger partial charge in [0.15, 0.2) is 0 Å². The zero-order valence-corrected chi connectivity index (χ0v) is 10.8. The molecule has 1 aliphatic rings. The average molecular weight is 248 g/mol. The molecule has 0 saturated heterocycles. The molecule has 1 amide bonds. The molecule has 0 radical (unpaired) electrons. The number of nitrogens with zero attached hydrogens (tertiary/aromatic N) is 1. The summed E-state index contributed by atoms with van der Waals surface area (Å²) in [7, 11) is 0. The predicted molar refractivity (Wildman–Crippen MR) is 69.3 cm³/mol. The van der Waals surface area contributed by atoms with Crippen molar-refractivity contribution < 1.29 is 9.90 Å². The molecule has 1 aromatic heterocycles. The van der Waals surface area contributed by atoms with Gasteiger partial charge in [0, 0.05) is 11.9 Å². The largest absolute Gasteiger partial charge is 0.394 e. The van der Waals surface area contributed by atoms with Crippen LogP contribution in [-0.2, 0) is 0 Å². The Morgan fingerprint density at radius 3 is 2.67 bits per heavy atom. The van der Waals surface area contributed by atoms with Gasteiger partial charge in [-0.3, -0.25) is 9.78 Å². The lowest BCUT2D eigenvalue weighted by Crippen LogP contribution is -2.52. The number of amides is 1. The van der Waals surface area contributed by atoms with E-state index >= 15 is 0 Å². The van der Waals surface area contributed by atoms with Crippen LogP contribution >= 0.6 is 0 Å². The number of nitrogens with one attached hydrogen (secondary N) is 1. The van der Waals surface area contributed by atoms with Gasteiger partial charge in [-0.05, 0) is 31.9 Å². The van der Waals surface area contributed by atoms with Crippen LogP contribution in [-0.4, -0.2) is 28.1 Å². The minimum Gasteiger partial charge on any atom is -0.394 e. The molecule has 4 nitrogen and oxygen atoms in total. The Balaban J connectivity index is 2.07. The van der Waals surface area contributed by atoms with Crippen LogP contribution in [0.2, 0.25) is 0 Å². The van der Waals surface area contributed by atoms with Crippen molar-refractivity contribution in [3.8, 4) is 0 Å². The van der Waals surface area contributed by atoms with Crippen LogP contribution in [0.25, 0.3) is 0 Å². The Kier molecular flexibility index (Phi) is 3.97. The summed E-state index contributed by atoms with van der Waals surface area (Å²) < 4.78 is 0. The van der Waals surface area contributed by atoms with Crippen molar-refractivity contribution >= 4 is 5.91 Å². The fourth-order valence-electron chi connectivity index (χ4n) is 2.47. The number of aliphatic hydroxyl groups is 1. The molecular formula is C14H20N2O2. The lowest BCUT2D eigenvalue weighted by atomic mass is 9.82. The van der Waals surface area contributed by atoms with Gasteiger partial charge in [-0.15, -0.1) is 0 Å². The van der Waals surface area contributed by atoms with Gasteiger partial charge >= 0.3 is 0 Å². The molecule has 0 spiro atoms. The molecule has 1 heterocycles. The van der Waals surface area contributed by atoms with Crippen LogP contribution in [0.5, 0.6) is 0 Å². The first-order valence-corrected chi connectivity index (χ1v) is 6.51. The zero-order valence-electron chi connectivity index (χ0n) is 10.8. The third-order valence-electron chi connectivity index (χ3n) is 3.67. The summed E-state index contributed by atoms with van der Waals surface area (Å²) in [6.07, 6.45) is 6.60. The molecule has 4 heteroatoms. The first kappa shape index (κ1) is 13.0. The van der Waals surface area contributed by atoms with Gasteiger partial charge in [-0.1, -0.05) is 19.3 Å². The standard InChI is InChI=1S/C14H20N2O2/c1-11-5-6-12(9-15-11)13(18)16-14(10-17)7-3-2-4-8-14/h5-6,9,17H,2-4,7-8,10H2,1H3,(H,16,18). The number of hydrogen-bond donors (Lipinski definition) is 2. The van der Waals surface area contributed by atoms with E-state index in [0.29, 0.717) is 5.56 Å². The van der Waals surface area contributed by atoms with Gasteiger partial charge < -0.3 is 10.4 Å². The topological polar surface area (TPSA) is 62.2 Å². The maximum atomic E-state index is 12.1. The molecule has 0 bridgehead atoms. The molecule has 0 unspecified atom stereocenters. The fourth-order valence-corrected chi connectivity index (χ4v) is 2.47. The summed E-state index contributed by atoms with van der Waals surface area (Å²) in [6.45, 7) is 1.90. The van der Waals surface area contributed by atoms with Gasteiger partial charge in [-0.2, -0.15) is 0 Å². The van der Waals surface area contributed by atoms with Gasteiger partial charge in [0.1, 0.15) is 0 Å². The second kappa shape index (κ2) is 5.48. The minimum atomic E-state index is -0.430. The quantitative estimate of drug-likeness (QED) is 0.857. The molecule has 18 heavy (non-hydrogen) atoms.